The molecule has 1 aromatic heterocycles. The predicted octanol–water partition coefficient (Wildman–Crippen LogP) is 4.82. The van der Waals surface area contributed by atoms with E-state index in [1.807, 2.05) is 32.8 Å². The Bertz CT molecular complexity index is 1300. The van der Waals surface area contributed by atoms with Gasteiger partial charge in [0.1, 0.15) is 22.9 Å². The highest BCUT2D eigenvalue weighted by Crippen LogP contribution is 2.46. The number of piperazine rings is 1. The number of nitrogens with one attached hydrogen (secondary N) is 1. The quantitative estimate of drug-likeness (QED) is 0.330. The monoisotopic (exact) mass is 539 g/mol. The smallest absolute Gasteiger partial charge is 0.417 e. The second-order valence-electron chi connectivity index (χ2n) is 9.79. The van der Waals surface area contributed by atoms with Crippen LogP contribution in [-0.2, 0) is 6.18 Å². The molecule has 0 bridgehead atoms. The first-order chi connectivity index (χ1) is 17.9. The second-order valence-corrected chi connectivity index (χ2v) is 9.79. The standard InChI is InChI=1S/C26H30F5N5O2/c1-14-13-36(15(2)12-32-14)24-16-11-17(26(29,30)31)20(21-18(27)7-5-8-19(21)37)22(28)23(16)33-25(34-24)38-10-6-9-35(3)4/h5,7-8,11,14-15,32,37H,6,9-10,12-13H2,1-4H3/t14-,15+/m1/s1. The van der Waals surface area contributed by atoms with E-state index in [9.17, 15) is 22.7 Å². The van der Waals surface area contributed by atoms with Gasteiger partial charge in [0.05, 0.1) is 17.7 Å². The van der Waals surface area contributed by atoms with Crippen LogP contribution in [0.3, 0.4) is 0 Å². The molecule has 0 aliphatic carbocycles. The van der Waals surface area contributed by atoms with Gasteiger partial charge in [0.2, 0.25) is 0 Å². The van der Waals surface area contributed by atoms with Crippen LogP contribution in [0.4, 0.5) is 27.8 Å². The van der Waals surface area contributed by atoms with E-state index >= 15 is 4.39 Å². The Morgan fingerprint density at radius 3 is 2.55 bits per heavy atom. The van der Waals surface area contributed by atoms with Crippen molar-refractivity contribution in [3.05, 3.63) is 41.5 Å². The number of aromatic hydroxyl groups is 1. The molecule has 1 aliphatic heterocycles. The van der Waals surface area contributed by atoms with Crippen LogP contribution >= 0.6 is 0 Å². The van der Waals surface area contributed by atoms with Gasteiger partial charge in [-0.2, -0.15) is 23.1 Å². The maximum absolute atomic E-state index is 16.1. The van der Waals surface area contributed by atoms with Crippen molar-refractivity contribution in [3.63, 3.8) is 0 Å². The molecule has 206 valence electrons. The third-order valence-electron chi connectivity index (χ3n) is 6.45. The normalized spacial score (nSPS) is 18.4. The molecule has 2 aromatic carbocycles. The number of fused-ring (bicyclic) bond motifs is 1. The van der Waals surface area contributed by atoms with Crippen molar-refractivity contribution in [3.8, 4) is 22.9 Å². The molecule has 12 heteroatoms. The molecule has 0 spiro atoms. The summed E-state index contributed by atoms with van der Waals surface area (Å²) >= 11 is 0. The van der Waals surface area contributed by atoms with Gasteiger partial charge in [-0.15, -0.1) is 0 Å². The minimum Gasteiger partial charge on any atom is -0.507 e. The zero-order valence-electron chi connectivity index (χ0n) is 21.5. The molecule has 4 rings (SSSR count). The van der Waals surface area contributed by atoms with Gasteiger partial charge < -0.3 is 25.0 Å². The molecule has 0 saturated carbocycles. The fourth-order valence-corrected chi connectivity index (χ4v) is 4.56. The van der Waals surface area contributed by atoms with E-state index in [0.29, 0.717) is 26.1 Å². The number of rotatable bonds is 7. The van der Waals surface area contributed by atoms with Gasteiger partial charge in [-0.1, -0.05) is 6.07 Å². The van der Waals surface area contributed by atoms with E-state index < -0.39 is 45.8 Å². The Kier molecular flexibility index (Phi) is 7.93. The van der Waals surface area contributed by atoms with Crippen LogP contribution in [0.15, 0.2) is 24.3 Å². The molecule has 0 unspecified atom stereocenters. The number of hydrogen-bond donors (Lipinski definition) is 2. The summed E-state index contributed by atoms with van der Waals surface area (Å²) < 4.78 is 79.5. The van der Waals surface area contributed by atoms with Crippen LogP contribution in [0.5, 0.6) is 11.8 Å². The van der Waals surface area contributed by atoms with Gasteiger partial charge in [-0.05, 0) is 52.6 Å². The van der Waals surface area contributed by atoms with E-state index in [-0.39, 0.29) is 35.9 Å². The largest absolute Gasteiger partial charge is 0.507 e. The SMILES string of the molecule is C[C@@H]1CN(c2nc(OCCCN(C)C)nc3c(F)c(-c4c(O)cccc4F)c(C(F)(F)F)cc23)[C@@H](C)CN1. The molecule has 0 radical (unpaired) electrons. The molecule has 2 heterocycles. The van der Waals surface area contributed by atoms with Gasteiger partial charge >= 0.3 is 12.2 Å². The van der Waals surface area contributed by atoms with Crippen LogP contribution in [0, 0.1) is 11.6 Å². The molecule has 2 atom stereocenters. The highest BCUT2D eigenvalue weighted by Gasteiger charge is 2.39. The molecule has 1 saturated heterocycles. The summed E-state index contributed by atoms with van der Waals surface area (Å²) in [5.74, 6) is -3.36. The third kappa shape index (κ3) is 5.60. The first kappa shape index (κ1) is 27.8. The zero-order chi connectivity index (χ0) is 27.8. The van der Waals surface area contributed by atoms with E-state index in [0.717, 1.165) is 24.3 Å². The lowest BCUT2D eigenvalue weighted by atomic mass is 9.94. The number of nitrogens with zero attached hydrogens (tertiary/aromatic N) is 4. The van der Waals surface area contributed by atoms with Crippen molar-refractivity contribution in [1.82, 2.24) is 20.2 Å². The maximum Gasteiger partial charge on any atom is 0.417 e. The molecule has 38 heavy (non-hydrogen) atoms. The van der Waals surface area contributed by atoms with E-state index in [1.54, 1.807) is 4.90 Å². The number of anilines is 1. The van der Waals surface area contributed by atoms with Crippen LogP contribution in [0.2, 0.25) is 0 Å². The molecule has 1 aliphatic rings. The number of halogens is 5. The Hall–Kier alpha value is -3.25. The fourth-order valence-electron chi connectivity index (χ4n) is 4.56. The number of hydrogen-bond acceptors (Lipinski definition) is 7. The van der Waals surface area contributed by atoms with Crippen LogP contribution < -0.4 is 15.0 Å². The lowest BCUT2D eigenvalue weighted by molar-refractivity contribution is -0.137. The molecule has 0 amide bonds. The Labute approximate surface area is 217 Å². The second kappa shape index (κ2) is 10.9. The first-order valence-electron chi connectivity index (χ1n) is 12.2. The van der Waals surface area contributed by atoms with Crippen LogP contribution in [0.25, 0.3) is 22.0 Å². The summed E-state index contributed by atoms with van der Waals surface area (Å²) in [5.41, 5.74) is -3.91. The highest BCUT2D eigenvalue weighted by molar-refractivity contribution is 5.96. The van der Waals surface area contributed by atoms with Crippen molar-refractivity contribution in [2.24, 2.45) is 0 Å². The number of benzene rings is 2. The summed E-state index contributed by atoms with van der Waals surface area (Å²) in [6.07, 6.45) is -4.46. The number of aromatic nitrogens is 2. The van der Waals surface area contributed by atoms with Crippen molar-refractivity contribution >= 4 is 16.7 Å². The van der Waals surface area contributed by atoms with Crippen molar-refractivity contribution in [2.75, 3.05) is 45.2 Å². The number of alkyl halides is 3. The molecular weight excluding hydrogens is 509 g/mol. The van der Waals surface area contributed by atoms with Crippen molar-refractivity contribution in [2.45, 2.75) is 38.5 Å². The number of phenols is 1. The molecule has 1 fully saturated rings. The Morgan fingerprint density at radius 1 is 1.16 bits per heavy atom. The fraction of sp³-hybridized carbons (Fsp3) is 0.462. The van der Waals surface area contributed by atoms with E-state index in [1.165, 1.54) is 0 Å². The Morgan fingerprint density at radius 2 is 1.89 bits per heavy atom. The lowest BCUT2D eigenvalue weighted by Gasteiger charge is -2.39. The summed E-state index contributed by atoms with van der Waals surface area (Å²) in [6.45, 7) is 5.61. The average Bonchev–Trinajstić information content (AvgIpc) is 2.83. The number of ether oxygens (including phenoxy) is 1. The number of phenolic OH excluding ortho intramolecular Hbond substituents is 1. The van der Waals surface area contributed by atoms with Crippen LogP contribution in [0.1, 0.15) is 25.8 Å². The van der Waals surface area contributed by atoms with E-state index in [2.05, 4.69) is 15.3 Å². The summed E-state index contributed by atoms with van der Waals surface area (Å²) in [6, 6.07) is 3.30. The predicted molar refractivity (Wildman–Crippen MR) is 134 cm³/mol. The third-order valence-corrected chi connectivity index (χ3v) is 6.45. The topological polar surface area (TPSA) is 73.8 Å². The van der Waals surface area contributed by atoms with Gasteiger partial charge in [-0.25, -0.2) is 8.78 Å². The highest BCUT2D eigenvalue weighted by atomic mass is 19.4. The molecule has 7 nitrogen and oxygen atoms in total. The van der Waals surface area contributed by atoms with Crippen molar-refractivity contribution < 1.29 is 31.8 Å². The maximum atomic E-state index is 16.1. The lowest BCUT2D eigenvalue weighted by Crippen LogP contribution is -2.54. The van der Waals surface area contributed by atoms with Gasteiger partial charge in [0.15, 0.2) is 5.82 Å². The Balaban J connectivity index is 1.99. The molecular formula is C26H30F5N5O2. The average molecular weight is 540 g/mol. The molecule has 2 N–H and O–H groups in total. The van der Waals surface area contributed by atoms with Crippen molar-refractivity contribution in [1.29, 1.82) is 0 Å². The minimum atomic E-state index is -5.07. The van der Waals surface area contributed by atoms with Gasteiger partial charge in [0.25, 0.3) is 0 Å². The minimum absolute atomic E-state index is 0.0118. The first-order valence-corrected chi connectivity index (χ1v) is 12.2. The summed E-state index contributed by atoms with van der Waals surface area (Å²) in [7, 11) is 3.79. The van der Waals surface area contributed by atoms with Gasteiger partial charge in [0, 0.05) is 42.7 Å². The summed E-state index contributed by atoms with van der Waals surface area (Å²) in [4.78, 5) is 12.3. The zero-order valence-corrected chi connectivity index (χ0v) is 21.5. The molecule has 3 aromatic rings. The van der Waals surface area contributed by atoms with Crippen LogP contribution in [-0.4, -0.2) is 72.4 Å². The van der Waals surface area contributed by atoms with E-state index in [4.69, 9.17) is 4.74 Å². The van der Waals surface area contributed by atoms with Gasteiger partial charge in [-0.3, -0.25) is 0 Å². The summed E-state index contributed by atoms with van der Waals surface area (Å²) in [5, 5.41) is 13.4.